The van der Waals surface area contributed by atoms with E-state index in [4.69, 9.17) is 14.9 Å². The fourth-order valence-electron chi connectivity index (χ4n) is 1.12. The highest BCUT2D eigenvalue weighted by atomic mass is 16.5. The number of aromatic amines is 2. The van der Waals surface area contributed by atoms with Gasteiger partial charge in [-0.2, -0.15) is 4.80 Å². The van der Waals surface area contributed by atoms with Crippen LogP contribution in [0.3, 0.4) is 0 Å². The molecular weight excluding hydrogens is 214 g/mol. The molecular formula is C9H19N3O4. The third kappa shape index (κ3) is 3.74. The number of ether oxygens (including phenoxy) is 1. The summed E-state index contributed by atoms with van der Waals surface area (Å²) < 4.78 is 5.02. The molecule has 1 heterocycles. The van der Waals surface area contributed by atoms with Crippen molar-refractivity contribution in [1.29, 1.82) is 0 Å². The van der Waals surface area contributed by atoms with Crippen molar-refractivity contribution in [2.45, 2.75) is 26.3 Å². The van der Waals surface area contributed by atoms with Gasteiger partial charge in [0.2, 0.25) is 0 Å². The molecule has 0 amide bonds. The Hall–Kier alpha value is -1.21. The van der Waals surface area contributed by atoms with Crippen molar-refractivity contribution < 1.29 is 19.7 Å². The van der Waals surface area contributed by atoms with Gasteiger partial charge in [0.1, 0.15) is 6.61 Å². The summed E-state index contributed by atoms with van der Waals surface area (Å²) >= 11 is 0. The molecule has 7 nitrogen and oxygen atoms in total. The molecule has 0 radical (unpaired) electrons. The van der Waals surface area contributed by atoms with Gasteiger partial charge >= 0.3 is 5.97 Å². The molecule has 1 aromatic heterocycles. The van der Waals surface area contributed by atoms with Crippen molar-refractivity contribution >= 4 is 5.97 Å². The number of hydrogen-bond acceptors (Lipinski definition) is 4. The number of H-pyrrole nitrogens is 2. The molecule has 0 aromatic carbocycles. The molecule has 4 N–H and O–H groups in total. The second-order valence-electron chi connectivity index (χ2n) is 3.96. The van der Waals surface area contributed by atoms with Crippen molar-refractivity contribution in [3.8, 4) is 0 Å². The van der Waals surface area contributed by atoms with E-state index in [-0.39, 0.29) is 32.2 Å². The van der Waals surface area contributed by atoms with Gasteiger partial charge in [0.25, 0.3) is 0 Å². The molecule has 0 saturated heterocycles. The quantitative estimate of drug-likeness (QED) is 0.453. The summed E-state index contributed by atoms with van der Waals surface area (Å²) in [5.41, 5.74) is -0.716. The lowest BCUT2D eigenvalue weighted by Gasteiger charge is -2.27. The topological polar surface area (TPSA) is 103 Å². The predicted molar refractivity (Wildman–Crippen MR) is 55.6 cm³/mol. The Labute approximate surface area is 93.3 Å². The van der Waals surface area contributed by atoms with Crippen LogP contribution in [-0.2, 0) is 16.1 Å². The van der Waals surface area contributed by atoms with Crippen LogP contribution in [0.1, 0.15) is 19.8 Å². The summed E-state index contributed by atoms with van der Waals surface area (Å²) in [7, 11) is 0. The molecule has 94 valence electrons. The Bertz CT molecular complexity index is 281. The maximum absolute atomic E-state index is 11.3. The van der Waals surface area contributed by atoms with E-state index in [2.05, 4.69) is 10.4 Å². The highest BCUT2D eigenvalue weighted by molar-refractivity contribution is 5.69. The minimum absolute atomic E-state index is 0.0518. The number of nitrogens with one attached hydrogen (secondary N) is 2. The fourth-order valence-corrected chi connectivity index (χ4v) is 1.12. The summed E-state index contributed by atoms with van der Waals surface area (Å²) in [6.07, 6.45) is 0.819. The standard InChI is InChI=1S/C9H19N3O4/c1-2-9(5-13,6-14)7-16-8(15)3-4-12-10-11-12/h10-11,13-14H,2-7H2,1H3. The molecule has 1 rings (SSSR count). The summed E-state index contributed by atoms with van der Waals surface area (Å²) in [5, 5.41) is 23.7. The minimum Gasteiger partial charge on any atom is -0.465 e. The SMILES string of the molecule is CCC(CO)(CO)COC(=O)CCn1[nH][nH]1. The van der Waals surface area contributed by atoms with Crippen LogP contribution in [0.15, 0.2) is 0 Å². The zero-order chi connectivity index (χ0) is 12.0. The first-order valence-electron chi connectivity index (χ1n) is 5.32. The third-order valence-corrected chi connectivity index (χ3v) is 2.77. The van der Waals surface area contributed by atoms with Crippen LogP contribution in [0.2, 0.25) is 0 Å². The molecule has 0 aliphatic carbocycles. The van der Waals surface area contributed by atoms with Gasteiger partial charge in [-0.3, -0.25) is 4.79 Å². The van der Waals surface area contributed by atoms with Gasteiger partial charge < -0.3 is 14.9 Å². The zero-order valence-corrected chi connectivity index (χ0v) is 9.40. The summed E-state index contributed by atoms with van der Waals surface area (Å²) in [4.78, 5) is 12.9. The van der Waals surface area contributed by atoms with Crippen LogP contribution in [0, 0.1) is 5.41 Å². The number of aryl methyl sites for hydroxylation is 1. The first-order chi connectivity index (χ1) is 7.65. The maximum Gasteiger partial charge on any atom is 0.307 e. The van der Waals surface area contributed by atoms with Crippen molar-refractivity contribution in [3.05, 3.63) is 0 Å². The fraction of sp³-hybridized carbons (Fsp3) is 0.889. The third-order valence-electron chi connectivity index (χ3n) is 2.77. The molecule has 7 heteroatoms. The molecule has 1 aromatic rings. The van der Waals surface area contributed by atoms with E-state index in [1.807, 2.05) is 6.92 Å². The summed E-state index contributed by atoms with van der Waals surface area (Å²) in [6.45, 7) is 2.03. The van der Waals surface area contributed by atoms with Gasteiger partial charge in [-0.25, -0.2) is 10.4 Å². The van der Waals surface area contributed by atoms with Crippen LogP contribution in [-0.4, -0.2) is 51.2 Å². The van der Waals surface area contributed by atoms with E-state index in [1.165, 1.54) is 0 Å². The number of carbonyl (C=O) groups excluding carboxylic acids is 1. The smallest absolute Gasteiger partial charge is 0.307 e. The molecule has 0 saturated carbocycles. The molecule has 0 unspecified atom stereocenters. The number of aliphatic hydroxyl groups is 2. The monoisotopic (exact) mass is 233 g/mol. The normalized spacial score (nSPS) is 11.9. The van der Waals surface area contributed by atoms with E-state index in [0.717, 1.165) is 0 Å². The first-order valence-corrected chi connectivity index (χ1v) is 5.32. The second-order valence-corrected chi connectivity index (χ2v) is 3.96. The maximum atomic E-state index is 11.3. The minimum atomic E-state index is -0.716. The lowest BCUT2D eigenvalue weighted by atomic mass is 9.88. The lowest BCUT2D eigenvalue weighted by Crippen LogP contribution is -2.35. The van der Waals surface area contributed by atoms with Crippen LogP contribution in [0.25, 0.3) is 0 Å². The number of aliphatic hydroxyl groups excluding tert-OH is 2. The number of esters is 1. The predicted octanol–water partition coefficient (Wildman–Crippen LogP) is -0.541. The number of carbonyl (C=O) groups is 1. The van der Waals surface area contributed by atoms with Crippen LogP contribution >= 0.6 is 0 Å². The Kier molecular flexibility index (Phi) is 4.63. The van der Waals surface area contributed by atoms with Gasteiger partial charge in [0, 0.05) is 0 Å². The van der Waals surface area contributed by atoms with E-state index in [0.29, 0.717) is 13.0 Å². The van der Waals surface area contributed by atoms with Crippen molar-refractivity contribution in [1.82, 2.24) is 15.2 Å². The van der Waals surface area contributed by atoms with Gasteiger partial charge in [0.05, 0.1) is 31.6 Å². The van der Waals surface area contributed by atoms with E-state index >= 15 is 0 Å². The average molecular weight is 233 g/mol. The number of hydrogen-bond donors (Lipinski definition) is 4. The number of aromatic nitrogens is 3. The molecule has 0 aliphatic heterocycles. The van der Waals surface area contributed by atoms with Gasteiger partial charge in [-0.05, 0) is 6.42 Å². The van der Waals surface area contributed by atoms with Gasteiger partial charge in [-0.15, -0.1) is 0 Å². The van der Waals surface area contributed by atoms with E-state index in [1.54, 1.807) is 4.80 Å². The first kappa shape index (κ1) is 12.9. The molecule has 0 bridgehead atoms. The Morgan fingerprint density at radius 2 is 2.00 bits per heavy atom. The Morgan fingerprint density at radius 3 is 2.44 bits per heavy atom. The molecule has 0 atom stereocenters. The van der Waals surface area contributed by atoms with E-state index < -0.39 is 5.41 Å². The Morgan fingerprint density at radius 1 is 1.38 bits per heavy atom. The summed E-state index contributed by atoms with van der Waals surface area (Å²) in [5.74, 6) is -0.338. The second kappa shape index (κ2) is 5.76. The van der Waals surface area contributed by atoms with Gasteiger partial charge in [-0.1, -0.05) is 6.92 Å². The zero-order valence-electron chi connectivity index (χ0n) is 9.40. The molecule has 0 spiro atoms. The summed E-state index contributed by atoms with van der Waals surface area (Å²) in [6, 6.07) is 0. The van der Waals surface area contributed by atoms with Crippen molar-refractivity contribution in [3.63, 3.8) is 0 Å². The number of nitrogens with zero attached hydrogens (tertiary/aromatic N) is 1. The molecule has 0 fully saturated rings. The number of rotatable bonds is 8. The molecule has 0 aliphatic rings. The van der Waals surface area contributed by atoms with Crippen molar-refractivity contribution in [2.24, 2.45) is 5.41 Å². The van der Waals surface area contributed by atoms with Crippen molar-refractivity contribution in [2.75, 3.05) is 19.8 Å². The molecule has 16 heavy (non-hydrogen) atoms. The van der Waals surface area contributed by atoms with E-state index in [9.17, 15) is 4.79 Å². The highest BCUT2D eigenvalue weighted by Gasteiger charge is 2.28. The highest BCUT2D eigenvalue weighted by Crippen LogP contribution is 2.20. The Balaban J connectivity index is 2.25. The average Bonchev–Trinajstić information content (AvgIpc) is 3.13. The largest absolute Gasteiger partial charge is 0.465 e. The van der Waals surface area contributed by atoms with Crippen LogP contribution in [0.4, 0.5) is 0 Å². The lowest BCUT2D eigenvalue weighted by molar-refractivity contribution is -0.150. The van der Waals surface area contributed by atoms with Crippen LogP contribution < -0.4 is 0 Å². The van der Waals surface area contributed by atoms with Crippen LogP contribution in [0.5, 0.6) is 0 Å². The van der Waals surface area contributed by atoms with Gasteiger partial charge in [0.15, 0.2) is 0 Å².